The summed E-state index contributed by atoms with van der Waals surface area (Å²) < 4.78 is 3.14. The van der Waals surface area contributed by atoms with Crippen molar-refractivity contribution >= 4 is 11.8 Å². The second-order valence-corrected chi connectivity index (χ2v) is 7.18. The first kappa shape index (κ1) is 18.9. The number of carbonyl (C=O) groups is 1. The Labute approximate surface area is 157 Å². The van der Waals surface area contributed by atoms with Crippen LogP contribution in [-0.4, -0.2) is 31.3 Å². The quantitative estimate of drug-likeness (QED) is 0.530. The van der Waals surface area contributed by atoms with E-state index in [9.17, 15) is 9.59 Å². The van der Waals surface area contributed by atoms with E-state index in [0.29, 0.717) is 29.4 Å². The summed E-state index contributed by atoms with van der Waals surface area (Å²) in [4.78, 5) is 23.7. The van der Waals surface area contributed by atoms with Crippen LogP contribution in [0.25, 0.3) is 5.69 Å². The van der Waals surface area contributed by atoms with Crippen molar-refractivity contribution in [3.05, 3.63) is 46.1 Å². The molecule has 8 heteroatoms. The molecule has 1 aromatic carbocycles. The molecule has 0 radical (unpaired) electrons. The Morgan fingerprint density at radius 2 is 1.89 bits per heavy atom. The van der Waals surface area contributed by atoms with Crippen LogP contribution in [0.1, 0.15) is 56.0 Å². The summed E-state index contributed by atoms with van der Waals surface area (Å²) in [5.41, 5.74) is 6.54. The number of carboxylic acid groups (broad SMARTS) is 1. The van der Waals surface area contributed by atoms with Crippen molar-refractivity contribution in [2.24, 2.45) is 11.7 Å². The van der Waals surface area contributed by atoms with Crippen LogP contribution in [0.5, 0.6) is 0 Å². The van der Waals surface area contributed by atoms with Gasteiger partial charge in [-0.2, -0.15) is 9.78 Å². The lowest BCUT2D eigenvalue weighted by Gasteiger charge is -2.28. The van der Waals surface area contributed by atoms with Gasteiger partial charge in [-0.05, 0) is 69.2 Å². The van der Waals surface area contributed by atoms with Crippen molar-refractivity contribution in [1.29, 1.82) is 5.41 Å². The van der Waals surface area contributed by atoms with Crippen molar-refractivity contribution in [3.63, 3.8) is 0 Å². The molecule has 0 atom stereocenters. The van der Waals surface area contributed by atoms with Gasteiger partial charge >= 0.3 is 11.7 Å². The summed E-state index contributed by atoms with van der Waals surface area (Å²) >= 11 is 0. The second-order valence-electron chi connectivity index (χ2n) is 7.18. The Morgan fingerprint density at radius 3 is 2.44 bits per heavy atom. The smallest absolute Gasteiger partial charge is 0.350 e. The molecule has 0 aliphatic heterocycles. The number of aromatic nitrogens is 3. The SMILES string of the molecule is Cc1nn(-c2ccc(C(=N)N)cc2)c(=O)n1[C@H]1CC[C@H](CCC(=O)O)CC1. The molecule has 1 saturated carbocycles. The number of benzene rings is 1. The predicted octanol–water partition coefficient (Wildman–Crippen LogP) is 2.22. The standard InChI is InChI=1S/C19H25N5O3/c1-12-22-24(16-9-5-14(6-10-16)18(20)21)19(27)23(12)15-7-2-13(3-8-15)4-11-17(25)26/h5-6,9-10,13,15H,2-4,7-8,11H2,1H3,(H3,20,21)(H,25,26)/t13-,15-. The molecule has 3 rings (SSSR count). The average Bonchev–Trinajstić information content (AvgIpc) is 2.95. The van der Waals surface area contributed by atoms with Gasteiger partial charge in [-0.15, -0.1) is 0 Å². The summed E-state index contributed by atoms with van der Waals surface area (Å²) in [6.07, 6.45) is 4.50. The van der Waals surface area contributed by atoms with Crippen molar-refractivity contribution in [1.82, 2.24) is 14.3 Å². The Balaban J connectivity index is 1.76. The molecular formula is C19H25N5O3. The second kappa shape index (κ2) is 7.77. The molecule has 1 aliphatic rings. The maximum atomic E-state index is 12.9. The summed E-state index contributed by atoms with van der Waals surface area (Å²) in [6.45, 7) is 1.83. The lowest BCUT2D eigenvalue weighted by molar-refractivity contribution is -0.137. The number of hydrogen-bond donors (Lipinski definition) is 3. The Bertz CT molecular complexity index is 889. The van der Waals surface area contributed by atoms with Crippen molar-refractivity contribution in [2.45, 2.75) is 51.5 Å². The van der Waals surface area contributed by atoms with Gasteiger partial charge in [0.1, 0.15) is 11.7 Å². The van der Waals surface area contributed by atoms with Gasteiger partial charge in [0.05, 0.1) is 5.69 Å². The first-order valence-corrected chi connectivity index (χ1v) is 9.21. The highest BCUT2D eigenvalue weighted by molar-refractivity contribution is 5.95. The van der Waals surface area contributed by atoms with E-state index >= 15 is 0 Å². The van der Waals surface area contributed by atoms with E-state index in [1.165, 1.54) is 4.68 Å². The van der Waals surface area contributed by atoms with Gasteiger partial charge in [-0.25, -0.2) is 4.79 Å². The maximum Gasteiger partial charge on any atom is 0.350 e. The molecule has 1 aliphatic carbocycles. The largest absolute Gasteiger partial charge is 0.481 e. The first-order valence-electron chi connectivity index (χ1n) is 9.21. The van der Waals surface area contributed by atoms with Crippen LogP contribution in [-0.2, 0) is 4.79 Å². The lowest BCUT2D eigenvalue weighted by Crippen LogP contribution is -2.30. The van der Waals surface area contributed by atoms with Gasteiger partial charge in [0.15, 0.2) is 0 Å². The van der Waals surface area contributed by atoms with E-state index in [1.807, 2.05) is 6.92 Å². The highest BCUT2D eigenvalue weighted by Crippen LogP contribution is 2.34. The van der Waals surface area contributed by atoms with E-state index in [-0.39, 0.29) is 24.0 Å². The van der Waals surface area contributed by atoms with Crippen LogP contribution in [0.2, 0.25) is 0 Å². The minimum absolute atomic E-state index is 0.0183. The fraction of sp³-hybridized carbons (Fsp3) is 0.474. The summed E-state index contributed by atoms with van der Waals surface area (Å²) in [6, 6.07) is 6.97. The van der Waals surface area contributed by atoms with E-state index in [1.54, 1.807) is 28.8 Å². The number of rotatable bonds is 6. The minimum atomic E-state index is -0.749. The van der Waals surface area contributed by atoms with E-state index in [4.69, 9.17) is 16.2 Å². The molecule has 1 fully saturated rings. The van der Waals surface area contributed by atoms with Crippen LogP contribution in [0.15, 0.2) is 29.1 Å². The number of hydrogen-bond acceptors (Lipinski definition) is 4. The third kappa shape index (κ3) is 4.10. The zero-order valence-electron chi connectivity index (χ0n) is 15.4. The van der Waals surface area contributed by atoms with Crippen molar-refractivity contribution < 1.29 is 9.90 Å². The van der Waals surface area contributed by atoms with Crippen molar-refractivity contribution in [3.8, 4) is 5.69 Å². The van der Waals surface area contributed by atoms with Gasteiger partial charge in [0.25, 0.3) is 0 Å². The normalized spacial score (nSPS) is 19.7. The highest BCUT2D eigenvalue weighted by Gasteiger charge is 2.26. The molecular weight excluding hydrogens is 346 g/mol. The van der Waals surface area contributed by atoms with Gasteiger partial charge in [-0.3, -0.25) is 14.8 Å². The first-order chi connectivity index (χ1) is 12.9. The maximum absolute atomic E-state index is 12.9. The molecule has 4 N–H and O–H groups in total. The highest BCUT2D eigenvalue weighted by atomic mass is 16.4. The molecule has 1 aromatic heterocycles. The topological polar surface area (TPSA) is 127 Å². The number of nitrogen functional groups attached to an aromatic ring is 1. The van der Waals surface area contributed by atoms with Crippen molar-refractivity contribution in [2.75, 3.05) is 0 Å². The molecule has 144 valence electrons. The number of aryl methyl sites for hydroxylation is 1. The Morgan fingerprint density at radius 1 is 1.26 bits per heavy atom. The van der Waals surface area contributed by atoms with Gasteiger partial charge in [0.2, 0.25) is 0 Å². The molecule has 0 unspecified atom stereocenters. The van der Waals surface area contributed by atoms with Gasteiger partial charge < -0.3 is 10.8 Å². The summed E-state index contributed by atoms with van der Waals surface area (Å²) in [5.74, 6) is 0.323. The van der Waals surface area contributed by atoms with Crippen LogP contribution in [0.4, 0.5) is 0 Å². The zero-order chi connectivity index (χ0) is 19.6. The van der Waals surface area contributed by atoms with E-state index in [0.717, 1.165) is 25.7 Å². The number of nitrogens with two attached hydrogens (primary N) is 1. The van der Waals surface area contributed by atoms with Crippen LogP contribution >= 0.6 is 0 Å². The molecule has 0 amide bonds. The minimum Gasteiger partial charge on any atom is -0.481 e. The number of nitrogens with zero attached hydrogens (tertiary/aromatic N) is 3. The Hall–Kier alpha value is -2.90. The fourth-order valence-electron chi connectivity index (χ4n) is 3.87. The van der Waals surface area contributed by atoms with Crippen LogP contribution in [0, 0.1) is 18.3 Å². The third-order valence-electron chi connectivity index (χ3n) is 5.35. The van der Waals surface area contributed by atoms with Crippen LogP contribution in [0.3, 0.4) is 0 Å². The predicted molar refractivity (Wildman–Crippen MR) is 101 cm³/mol. The molecule has 27 heavy (non-hydrogen) atoms. The van der Waals surface area contributed by atoms with Gasteiger partial charge in [-0.1, -0.05) is 0 Å². The number of aliphatic carboxylic acids is 1. The number of carboxylic acids is 1. The van der Waals surface area contributed by atoms with Crippen LogP contribution < -0.4 is 11.4 Å². The zero-order valence-corrected chi connectivity index (χ0v) is 15.4. The summed E-state index contributed by atoms with van der Waals surface area (Å²) in [7, 11) is 0. The molecule has 2 aromatic rings. The lowest BCUT2D eigenvalue weighted by atomic mass is 9.83. The Kier molecular flexibility index (Phi) is 5.43. The average molecular weight is 371 g/mol. The molecule has 0 saturated heterocycles. The molecule has 8 nitrogen and oxygen atoms in total. The third-order valence-corrected chi connectivity index (χ3v) is 5.35. The van der Waals surface area contributed by atoms with E-state index < -0.39 is 5.97 Å². The number of nitrogens with one attached hydrogen (secondary N) is 1. The molecule has 0 spiro atoms. The van der Waals surface area contributed by atoms with E-state index in [2.05, 4.69) is 5.10 Å². The fourth-order valence-corrected chi connectivity index (χ4v) is 3.87. The molecule has 1 heterocycles. The number of amidine groups is 1. The molecule has 0 bridgehead atoms. The summed E-state index contributed by atoms with van der Waals surface area (Å²) in [5, 5.41) is 20.7. The van der Waals surface area contributed by atoms with Gasteiger partial charge in [0, 0.05) is 18.0 Å². The monoisotopic (exact) mass is 371 g/mol.